The smallest absolute Gasteiger partial charge is 0.408 e. The van der Waals surface area contributed by atoms with Gasteiger partial charge in [0.25, 0.3) is 0 Å². The number of nitrogens with one attached hydrogen (secondary N) is 3. The Labute approximate surface area is 133 Å². The van der Waals surface area contributed by atoms with Crippen LogP contribution in [0.25, 0.3) is 0 Å². The molecule has 5 heteroatoms. The van der Waals surface area contributed by atoms with Crippen molar-refractivity contribution in [3.05, 3.63) is 35.9 Å². The first-order chi connectivity index (χ1) is 10.2. The Morgan fingerprint density at radius 1 is 1.23 bits per heavy atom. The van der Waals surface area contributed by atoms with Gasteiger partial charge in [0.2, 0.25) is 0 Å². The van der Waals surface area contributed by atoms with E-state index < -0.39 is 17.7 Å². The van der Waals surface area contributed by atoms with Gasteiger partial charge in [-0.25, -0.2) is 4.79 Å². The molecule has 0 radical (unpaired) electrons. The fourth-order valence-electron chi connectivity index (χ4n) is 1.91. The van der Waals surface area contributed by atoms with Crippen LogP contribution in [0.3, 0.4) is 0 Å². The highest BCUT2D eigenvalue weighted by Crippen LogP contribution is 2.09. The first kappa shape index (κ1) is 18.0. The second-order valence-corrected chi connectivity index (χ2v) is 6.62. The molecule has 0 aliphatic heterocycles. The Bertz CT molecular complexity index is 492. The largest absolute Gasteiger partial charge is 0.444 e. The van der Waals surface area contributed by atoms with E-state index in [1.807, 2.05) is 65.0 Å². The number of amidine groups is 1. The third kappa shape index (κ3) is 6.61. The van der Waals surface area contributed by atoms with Crippen molar-refractivity contribution in [1.82, 2.24) is 10.6 Å². The summed E-state index contributed by atoms with van der Waals surface area (Å²) in [7, 11) is 0. The van der Waals surface area contributed by atoms with Gasteiger partial charge in [-0.2, -0.15) is 0 Å². The normalized spacial score (nSPS) is 12.6. The molecule has 1 unspecified atom stereocenters. The average Bonchev–Trinajstić information content (AvgIpc) is 2.41. The summed E-state index contributed by atoms with van der Waals surface area (Å²) in [4.78, 5) is 11.9. The number of carbonyl (C=O) groups excluding carboxylic acids is 1. The number of amides is 1. The summed E-state index contributed by atoms with van der Waals surface area (Å²) in [6.07, 6.45) is -0.502. The number of hydrogen-bond donors (Lipinski definition) is 3. The van der Waals surface area contributed by atoms with Gasteiger partial charge in [-0.15, -0.1) is 0 Å². The summed E-state index contributed by atoms with van der Waals surface area (Å²) < 4.78 is 5.26. The molecule has 1 amide bonds. The minimum Gasteiger partial charge on any atom is -0.444 e. The van der Waals surface area contributed by atoms with Crippen LogP contribution in [-0.2, 0) is 11.3 Å². The lowest BCUT2D eigenvalue weighted by Gasteiger charge is -2.26. The van der Waals surface area contributed by atoms with E-state index in [0.717, 1.165) is 5.56 Å². The Morgan fingerprint density at radius 2 is 1.82 bits per heavy atom. The molecule has 0 heterocycles. The second-order valence-electron chi connectivity index (χ2n) is 6.62. The maximum Gasteiger partial charge on any atom is 0.408 e. The van der Waals surface area contributed by atoms with Crippen molar-refractivity contribution in [1.29, 1.82) is 5.41 Å². The van der Waals surface area contributed by atoms with Crippen molar-refractivity contribution < 1.29 is 9.53 Å². The van der Waals surface area contributed by atoms with Crippen LogP contribution in [0.15, 0.2) is 30.3 Å². The van der Waals surface area contributed by atoms with E-state index in [2.05, 4.69) is 10.6 Å². The molecular weight excluding hydrogens is 278 g/mol. The van der Waals surface area contributed by atoms with Crippen molar-refractivity contribution in [2.75, 3.05) is 0 Å². The van der Waals surface area contributed by atoms with Crippen molar-refractivity contribution >= 4 is 11.9 Å². The highest BCUT2D eigenvalue weighted by molar-refractivity contribution is 5.88. The molecule has 0 bridgehead atoms. The van der Waals surface area contributed by atoms with Crippen LogP contribution in [0.1, 0.15) is 40.2 Å². The molecular formula is C17H27N3O2. The number of rotatable bonds is 5. The van der Waals surface area contributed by atoms with E-state index in [1.54, 1.807) is 0 Å². The third-order valence-electron chi connectivity index (χ3n) is 2.98. The summed E-state index contributed by atoms with van der Waals surface area (Å²) in [6.45, 7) is 9.92. The summed E-state index contributed by atoms with van der Waals surface area (Å²) in [5.74, 6) is 0.369. The first-order valence-electron chi connectivity index (χ1n) is 7.55. The van der Waals surface area contributed by atoms with Gasteiger partial charge in [-0.1, -0.05) is 44.2 Å². The topological polar surface area (TPSA) is 74.2 Å². The molecule has 0 aliphatic carbocycles. The minimum absolute atomic E-state index is 0.0864. The molecule has 1 aromatic carbocycles. The fourth-order valence-corrected chi connectivity index (χ4v) is 1.91. The Morgan fingerprint density at radius 3 is 2.32 bits per heavy atom. The Balaban J connectivity index is 2.58. The lowest BCUT2D eigenvalue weighted by molar-refractivity contribution is 0.0507. The van der Waals surface area contributed by atoms with Crippen LogP contribution in [0.4, 0.5) is 4.79 Å². The van der Waals surface area contributed by atoms with Gasteiger partial charge >= 0.3 is 6.09 Å². The van der Waals surface area contributed by atoms with Gasteiger partial charge in [-0.3, -0.25) is 5.41 Å². The average molecular weight is 305 g/mol. The van der Waals surface area contributed by atoms with Crippen LogP contribution in [0.2, 0.25) is 0 Å². The molecule has 0 spiro atoms. The molecule has 5 nitrogen and oxygen atoms in total. The molecule has 1 atom stereocenters. The quantitative estimate of drug-likeness (QED) is 0.577. The predicted molar refractivity (Wildman–Crippen MR) is 89.0 cm³/mol. The molecule has 1 rings (SSSR count). The van der Waals surface area contributed by atoms with Gasteiger partial charge in [0, 0.05) is 6.54 Å². The minimum atomic E-state index is -0.550. The van der Waals surface area contributed by atoms with Crippen LogP contribution < -0.4 is 10.6 Å². The maximum atomic E-state index is 11.9. The Hall–Kier alpha value is -2.04. The lowest BCUT2D eigenvalue weighted by Crippen LogP contribution is -2.50. The second kappa shape index (κ2) is 7.82. The summed E-state index contributed by atoms with van der Waals surface area (Å²) in [6, 6.07) is 9.45. The van der Waals surface area contributed by atoms with Crippen molar-refractivity contribution in [3.63, 3.8) is 0 Å². The van der Waals surface area contributed by atoms with Gasteiger partial charge in [0.05, 0.1) is 6.04 Å². The monoisotopic (exact) mass is 305 g/mol. The standard InChI is InChI=1S/C17H27N3O2/c1-12(2)14(20-16(21)22-17(3,4)5)15(18)19-11-13-9-7-6-8-10-13/h6-10,12,14H,11H2,1-5H3,(H2,18,19)(H,20,21). The van der Waals surface area contributed by atoms with Gasteiger partial charge in [-0.05, 0) is 32.3 Å². The van der Waals surface area contributed by atoms with E-state index in [4.69, 9.17) is 10.1 Å². The zero-order valence-corrected chi connectivity index (χ0v) is 14.1. The number of ether oxygens (including phenoxy) is 1. The molecule has 0 aliphatic rings. The third-order valence-corrected chi connectivity index (χ3v) is 2.98. The van der Waals surface area contributed by atoms with Crippen LogP contribution in [0, 0.1) is 11.3 Å². The van der Waals surface area contributed by atoms with Gasteiger partial charge in [0.1, 0.15) is 11.4 Å². The molecule has 3 N–H and O–H groups in total. The van der Waals surface area contributed by atoms with Crippen molar-refractivity contribution in [2.45, 2.75) is 52.8 Å². The van der Waals surface area contributed by atoms with Crippen LogP contribution in [-0.4, -0.2) is 23.6 Å². The maximum absolute atomic E-state index is 11.9. The summed E-state index contributed by atoms with van der Waals surface area (Å²) in [5.41, 5.74) is 0.540. The molecule has 0 fully saturated rings. The highest BCUT2D eigenvalue weighted by atomic mass is 16.6. The molecule has 122 valence electrons. The molecule has 0 saturated carbocycles. The zero-order valence-electron chi connectivity index (χ0n) is 14.1. The van der Waals surface area contributed by atoms with E-state index in [9.17, 15) is 4.79 Å². The van der Waals surface area contributed by atoms with Crippen molar-refractivity contribution in [2.24, 2.45) is 5.92 Å². The van der Waals surface area contributed by atoms with Crippen LogP contribution in [0.5, 0.6) is 0 Å². The van der Waals surface area contributed by atoms with Crippen molar-refractivity contribution in [3.8, 4) is 0 Å². The number of alkyl carbamates (subject to hydrolysis) is 1. The lowest BCUT2D eigenvalue weighted by atomic mass is 10.0. The van der Waals surface area contributed by atoms with Crippen LogP contribution >= 0.6 is 0 Å². The Kier molecular flexibility index (Phi) is 6.40. The molecule has 0 saturated heterocycles. The number of carbonyl (C=O) groups is 1. The number of hydrogen-bond acceptors (Lipinski definition) is 3. The molecule has 0 aromatic heterocycles. The summed E-state index contributed by atoms with van der Waals surface area (Å²) >= 11 is 0. The highest BCUT2D eigenvalue weighted by Gasteiger charge is 2.24. The predicted octanol–water partition coefficient (Wildman–Crippen LogP) is 3.30. The van der Waals surface area contributed by atoms with E-state index >= 15 is 0 Å². The number of benzene rings is 1. The van der Waals surface area contributed by atoms with Gasteiger partial charge in [0.15, 0.2) is 0 Å². The zero-order chi connectivity index (χ0) is 16.8. The van der Waals surface area contributed by atoms with E-state index in [-0.39, 0.29) is 11.8 Å². The van der Waals surface area contributed by atoms with E-state index in [0.29, 0.717) is 6.54 Å². The van der Waals surface area contributed by atoms with E-state index in [1.165, 1.54) is 0 Å². The molecule has 1 aromatic rings. The summed E-state index contributed by atoms with van der Waals surface area (Å²) in [5, 5.41) is 14.0. The SMILES string of the molecule is CC(C)C(NC(=O)OC(C)(C)C)C(=N)NCc1ccccc1. The first-order valence-corrected chi connectivity index (χ1v) is 7.55. The molecule has 22 heavy (non-hydrogen) atoms. The fraction of sp³-hybridized carbons (Fsp3) is 0.529. The van der Waals surface area contributed by atoms with Gasteiger partial charge < -0.3 is 15.4 Å².